The Kier molecular flexibility index (Phi) is 3.03. The van der Waals surface area contributed by atoms with E-state index in [-0.39, 0.29) is 12.6 Å². The first-order chi connectivity index (χ1) is 7.72. The standard InChI is InChI=1S/C12H15N3O/c1-9-6-7-14-15(9)11-4-2-10(3-5-11)12(13)8-16/h2-7,12,16H,8,13H2,1H3. The molecule has 1 unspecified atom stereocenters. The van der Waals surface area contributed by atoms with Gasteiger partial charge in [0.05, 0.1) is 18.3 Å². The minimum Gasteiger partial charge on any atom is -0.394 e. The molecule has 0 radical (unpaired) electrons. The van der Waals surface area contributed by atoms with E-state index in [1.54, 1.807) is 6.20 Å². The summed E-state index contributed by atoms with van der Waals surface area (Å²) in [6.07, 6.45) is 1.77. The van der Waals surface area contributed by atoms with Crippen LogP contribution in [0.15, 0.2) is 36.5 Å². The van der Waals surface area contributed by atoms with E-state index in [0.717, 1.165) is 16.9 Å². The molecule has 0 saturated heterocycles. The summed E-state index contributed by atoms with van der Waals surface area (Å²) in [5.74, 6) is 0. The van der Waals surface area contributed by atoms with Gasteiger partial charge in [-0.15, -0.1) is 0 Å². The molecule has 2 aromatic rings. The highest BCUT2D eigenvalue weighted by Crippen LogP contribution is 2.14. The fourth-order valence-electron chi connectivity index (χ4n) is 1.61. The Hall–Kier alpha value is -1.65. The van der Waals surface area contributed by atoms with Crippen LogP contribution in [0.1, 0.15) is 17.3 Å². The van der Waals surface area contributed by atoms with Crippen LogP contribution in [0.3, 0.4) is 0 Å². The number of rotatable bonds is 3. The lowest BCUT2D eigenvalue weighted by Gasteiger charge is -2.10. The van der Waals surface area contributed by atoms with Crippen LogP contribution in [0.2, 0.25) is 0 Å². The largest absolute Gasteiger partial charge is 0.394 e. The number of aliphatic hydroxyl groups excluding tert-OH is 1. The lowest BCUT2D eigenvalue weighted by atomic mass is 10.1. The van der Waals surface area contributed by atoms with Crippen LogP contribution in [0, 0.1) is 6.92 Å². The Balaban J connectivity index is 2.30. The zero-order valence-corrected chi connectivity index (χ0v) is 9.17. The average molecular weight is 217 g/mol. The molecule has 0 amide bonds. The van der Waals surface area contributed by atoms with Gasteiger partial charge >= 0.3 is 0 Å². The molecule has 0 bridgehead atoms. The van der Waals surface area contributed by atoms with Gasteiger partial charge in [0.25, 0.3) is 0 Å². The van der Waals surface area contributed by atoms with E-state index < -0.39 is 0 Å². The summed E-state index contributed by atoms with van der Waals surface area (Å²) in [6, 6.07) is 9.37. The SMILES string of the molecule is Cc1ccnn1-c1ccc(C(N)CO)cc1. The zero-order chi connectivity index (χ0) is 11.5. The summed E-state index contributed by atoms with van der Waals surface area (Å²) in [4.78, 5) is 0. The summed E-state index contributed by atoms with van der Waals surface area (Å²) >= 11 is 0. The molecule has 16 heavy (non-hydrogen) atoms. The topological polar surface area (TPSA) is 64.1 Å². The number of hydrogen-bond acceptors (Lipinski definition) is 3. The Bertz CT molecular complexity index is 461. The number of aromatic nitrogens is 2. The summed E-state index contributed by atoms with van der Waals surface area (Å²) < 4.78 is 1.86. The average Bonchev–Trinajstić information content (AvgIpc) is 2.75. The molecule has 1 aromatic carbocycles. The number of nitrogens with zero attached hydrogens (tertiary/aromatic N) is 2. The van der Waals surface area contributed by atoms with Crippen molar-refractivity contribution in [3.63, 3.8) is 0 Å². The maximum absolute atomic E-state index is 8.94. The highest BCUT2D eigenvalue weighted by molar-refractivity contribution is 5.36. The van der Waals surface area contributed by atoms with Gasteiger partial charge in [0.2, 0.25) is 0 Å². The predicted octanol–water partition coefficient (Wildman–Crippen LogP) is 1.17. The molecule has 0 saturated carbocycles. The van der Waals surface area contributed by atoms with E-state index in [0.29, 0.717) is 0 Å². The van der Waals surface area contributed by atoms with E-state index >= 15 is 0 Å². The van der Waals surface area contributed by atoms with Crippen molar-refractivity contribution in [2.45, 2.75) is 13.0 Å². The van der Waals surface area contributed by atoms with Crippen LogP contribution < -0.4 is 5.73 Å². The Morgan fingerprint density at radius 3 is 2.50 bits per heavy atom. The van der Waals surface area contributed by atoms with Gasteiger partial charge in [0.15, 0.2) is 0 Å². The minimum atomic E-state index is -0.312. The molecule has 1 aromatic heterocycles. The molecule has 1 heterocycles. The van der Waals surface area contributed by atoms with E-state index in [2.05, 4.69) is 5.10 Å². The molecule has 4 heteroatoms. The van der Waals surface area contributed by atoms with Crippen LogP contribution in [0.5, 0.6) is 0 Å². The van der Waals surface area contributed by atoms with Crippen LogP contribution in [0.25, 0.3) is 5.69 Å². The first-order valence-corrected chi connectivity index (χ1v) is 5.20. The molecule has 0 aliphatic carbocycles. The molecule has 4 nitrogen and oxygen atoms in total. The fraction of sp³-hybridized carbons (Fsp3) is 0.250. The highest BCUT2D eigenvalue weighted by atomic mass is 16.3. The summed E-state index contributed by atoms with van der Waals surface area (Å²) in [5.41, 5.74) is 8.73. The second-order valence-corrected chi connectivity index (χ2v) is 3.76. The van der Waals surface area contributed by atoms with Crippen LogP contribution in [-0.4, -0.2) is 21.5 Å². The van der Waals surface area contributed by atoms with Crippen LogP contribution in [-0.2, 0) is 0 Å². The first-order valence-electron chi connectivity index (χ1n) is 5.20. The summed E-state index contributed by atoms with van der Waals surface area (Å²) in [6.45, 7) is 1.96. The first kappa shape index (κ1) is 10.9. The Labute approximate surface area is 94.3 Å². The molecular weight excluding hydrogens is 202 g/mol. The maximum atomic E-state index is 8.94. The van der Waals surface area contributed by atoms with Crippen molar-refractivity contribution in [1.82, 2.24) is 9.78 Å². The van der Waals surface area contributed by atoms with E-state index in [1.165, 1.54) is 0 Å². The zero-order valence-electron chi connectivity index (χ0n) is 9.17. The number of hydrogen-bond donors (Lipinski definition) is 2. The molecular formula is C12H15N3O. The van der Waals surface area contributed by atoms with E-state index in [1.807, 2.05) is 41.9 Å². The second-order valence-electron chi connectivity index (χ2n) is 3.76. The number of nitrogens with two attached hydrogens (primary N) is 1. The molecule has 84 valence electrons. The van der Waals surface area contributed by atoms with Gasteiger partial charge in [-0.2, -0.15) is 5.10 Å². The molecule has 0 aliphatic rings. The third kappa shape index (κ3) is 1.98. The van der Waals surface area contributed by atoms with Gasteiger partial charge in [-0.3, -0.25) is 0 Å². The molecule has 0 aliphatic heterocycles. The normalized spacial score (nSPS) is 12.7. The van der Waals surface area contributed by atoms with Gasteiger partial charge in [0, 0.05) is 11.9 Å². The smallest absolute Gasteiger partial charge is 0.0648 e. The monoisotopic (exact) mass is 217 g/mol. The van der Waals surface area contributed by atoms with Crippen molar-refractivity contribution < 1.29 is 5.11 Å². The summed E-state index contributed by atoms with van der Waals surface area (Å²) in [5, 5.41) is 13.2. The minimum absolute atomic E-state index is 0.0415. The number of aryl methyl sites for hydroxylation is 1. The molecule has 2 rings (SSSR count). The van der Waals surface area contributed by atoms with Gasteiger partial charge in [-0.1, -0.05) is 12.1 Å². The molecule has 3 N–H and O–H groups in total. The van der Waals surface area contributed by atoms with Crippen molar-refractivity contribution in [3.8, 4) is 5.69 Å². The predicted molar refractivity (Wildman–Crippen MR) is 62.3 cm³/mol. The molecule has 1 atom stereocenters. The number of aliphatic hydroxyl groups is 1. The molecule has 0 fully saturated rings. The van der Waals surface area contributed by atoms with Gasteiger partial charge in [-0.05, 0) is 30.7 Å². The van der Waals surface area contributed by atoms with Crippen molar-refractivity contribution in [2.75, 3.05) is 6.61 Å². The lowest BCUT2D eigenvalue weighted by Crippen LogP contribution is -2.14. The van der Waals surface area contributed by atoms with Crippen molar-refractivity contribution in [1.29, 1.82) is 0 Å². The quantitative estimate of drug-likeness (QED) is 0.811. The van der Waals surface area contributed by atoms with E-state index in [9.17, 15) is 0 Å². The van der Waals surface area contributed by atoms with Gasteiger partial charge in [0.1, 0.15) is 0 Å². The Morgan fingerprint density at radius 1 is 1.31 bits per heavy atom. The van der Waals surface area contributed by atoms with Crippen molar-refractivity contribution in [3.05, 3.63) is 47.8 Å². The second kappa shape index (κ2) is 4.47. The van der Waals surface area contributed by atoms with Crippen molar-refractivity contribution in [2.24, 2.45) is 5.73 Å². The highest BCUT2D eigenvalue weighted by Gasteiger charge is 2.05. The maximum Gasteiger partial charge on any atom is 0.0648 e. The van der Waals surface area contributed by atoms with Crippen LogP contribution >= 0.6 is 0 Å². The molecule has 0 spiro atoms. The number of benzene rings is 1. The third-order valence-electron chi connectivity index (χ3n) is 2.59. The third-order valence-corrected chi connectivity index (χ3v) is 2.59. The van der Waals surface area contributed by atoms with Crippen LogP contribution in [0.4, 0.5) is 0 Å². The van der Waals surface area contributed by atoms with E-state index in [4.69, 9.17) is 10.8 Å². The van der Waals surface area contributed by atoms with Crippen molar-refractivity contribution >= 4 is 0 Å². The van der Waals surface area contributed by atoms with Gasteiger partial charge < -0.3 is 10.8 Å². The Morgan fingerprint density at radius 2 is 2.00 bits per heavy atom. The summed E-state index contributed by atoms with van der Waals surface area (Å²) in [7, 11) is 0. The van der Waals surface area contributed by atoms with Gasteiger partial charge in [-0.25, -0.2) is 4.68 Å². The lowest BCUT2D eigenvalue weighted by molar-refractivity contribution is 0.268. The fourth-order valence-corrected chi connectivity index (χ4v) is 1.61.